The molecule has 3 rings (SSSR count). The van der Waals surface area contributed by atoms with E-state index in [4.69, 9.17) is 4.74 Å². The molecule has 132 valence electrons. The van der Waals surface area contributed by atoms with Crippen molar-refractivity contribution in [3.8, 4) is 0 Å². The summed E-state index contributed by atoms with van der Waals surface area (Å²) in [5.41, 5.74) is 0.0469. The van der Waals surface area contributed by atoms with Crippen molar-refractivity contribution in [3.05, 3.63) is 40.2 Å². The molecule has 25 heavy (non-hydrogen) atoms. The van der Waals surface area contributed by atoms with Gasteiger partial charge in [0.1, 0.15) is 12.4 Å². The van der Waals surface area contributed by atoms with E-state index in [1.165, 1.54) is 12.4 Å². The highest BCUT2D eigenvalue weighted by Crippen LogP contribution is 2.34. The third-order valence-corrected chi connectivity index (χ3v) is 5.21. The number of nitrogens with zero attached hydrogens (tertiary/aromatic N) is 4. The van der Waals surface area contributed by atoms with Crippen LogP contribution in [0.3, 0.4) is 0 Å². The van der Waals surface area contributed by atoms with Gasteiger partial charge in [-0.1, -0.05) is 6.42 Å². The van der Waals surface area contributed by atoms with Crippen LogP contribution in [-0.2, 0) is 11.8 Å². The number of nitro groups is 1. The lowest BCUT2D eigenvalue weighted by molar-refractivity contribution is -0.387. The molecule has 1 aromatic carbocycles. The lowest BCUT2D eigenvalue weighted by Gasteiger charge is -2.21. The Kier molecular flexibility index (Phi) is 5.32. The summed E-state index contributed by atoms with van der Waals surface area (Å²) >= 11 is 1.13. The van der Waals surface area contributed by atoms with Gasteiger partial charge < -0.3 is 9.30 Å². The molecule has 1 heterocycles. The van der Waals surface area contributed by atoms with Gasteiger partial charge in [0.2, 0.25) is 0 Å². The number of rotatable bonds is 5. The number of nitro benzene ring substituents is 1. The maximum absolute atomic E-state index is 12.3. The number of carbonyl (C=O) groups is 1. The highest BCUT2D eigenvalue weighted by Gasteiger charge is 2.23. The molecule has 0 bridgehead atoms. The topological polar surface area (TPSA) is 100 Å². The van der Waals surface area contributed by atoms with E-state index in [0.717, 1.165) is 43.9 Å². The smallest absolute Gasteiger partial charge is 0.338 e. The zero-order valence-electron chi connectivity index (χ0n) is 13.8. The standard InChI is InChI=1S/C16H18N4O4S/c1-19-10-17-18-16(19)25-14-8-7-11(9-13(14)20(22)23)15(21)24-12-5-3-2-4-6-12/h7-10,12H,2-6H2,1H3. The molecule has 2 aromatic rings. The van der Waals surface area contributed by atoms with Crippen LogP contribution in [0.5, 0.6) is 0 Å². The second-order valence-electron chi connectivity index (χ2n) is 5.93. The minimum Gasteiger partial charge on any atom is -0.459 e. The van der Waals surface area contributed by atoms with E-state index in [1.54, 1.807) is 23.7 Å². The van der Waals surface area contributed by atoms with Crippen LogP contribution >= 0.6 is 11.8 Å². The summed E-state index contributed by atoms with van der Waals surface area (Å²) in [6.07, 6.45) is 6.39. The average molecular weight is 362 g/mol. The Morgan fingerprint density at radius 3 is 2.76 bits per heavy atom. The minimum atomic E-state index is -0.509. The fourth-order valence-electron chi connectivity index (χ4n) is 2.74. The second-order valence-corrected chi connectivity index (χ2v) is 6.94. The van der Waals surface area contributed by atoms with E-state index in [-0.39, 0.29) is 17.4 Å². The quantitative estimate of drug-likeness (QED) is 0.456. The van der Waals surface area contributed by atoms with E-state index in [2.05, 4.69) is 10.2 Å². The fraction of sp³-hybridized carbons (Fsp3) is 0.438. The Hall–Kier alpha value is -2.42. The van der Waals surface area contributed by atoms with E-state index in [1.807, 2.05) is 0 Å². The van der Waals surface area contributed by atoms with Crippen LogP contribution in [0.25, 0.3) is 0 Å². The van der Waals surface area contributed by atoms with Gasteiger partial charge >= 0.3 is 5.97 Å². The van der Waals surface area contributed by atoms with Crippen molar-refractivity contribution in [3.63, 3.8) is 0 Å². The SMILES string of the molecule is Cn1cnnc1Sc1ccc(C(=O)OC2CCCCC2)cc1[N+](=O)[O-]. The summed E-state index contributed by atoms with van der Waals surface area (Å²) < 4.78 is 7.15. The monoisotopic (exact) mass is 362 g/mol. The second kappa shape index (κ2) is 7.64. The van der Waals surface area contributed by atoms with E-state index in [9.17, 15) is 14.9 Å². The van der Waals surface area contributed by atoms with E-state index in [0.29, 0.717) is 10.1 Å². The Balaban J connectivity index is 1.79. The summed E-state index contributed by atoms with van der Waals surface area (Å²) in [5, 5.41) is 19.6. The molecule has 9 heteroatoms. The average Bonchev–Trinajstić information content (AvgIpc) is 3.00. The van der Waals surface area contributed by atoms with Crippen LogP contribution in [0.15, 0.2) is 34.6 Å². The molecule has 1 aromatic heterocycles. The first-order chi connectivity index (χ1) is 12.0. The highest BCUT2D eigenvalue weighted by atomic mass is 32.2. The van der Waals surface area contributed by atoms with Crippen LogP contribution in [-0.4, -0.2) is 31.8 Å². The molecule has 0 aliphatic heterocycles. The Labute approximate surface area is 148 Å². The molecule has 0 atom stereocenters. The summed E-state index contributed by atoms with van der Waals surface area (Å²) in [5.74, 6) is -0.509. The summed E-state index contributed by atoms with van der Waals surface area (Å²) in [4.78, 5) is 23.6. The Morgan fingerprint density at radius 1 is 1.36 bits per heavy atom. The van der Waals surface area contributed by atoms with Crippen LogP contribution in [0.2, 0.25) is 0 Å². The van der Waals surface area contributed by atoms with Crippen molar-refractivity contribution < 1.29 is 14.5 Å². The zero-order valence-corrected chi connectivity index (χ0v) is 14.6. The zero-order chi connectivity index (χ0) is 17.8. The maximum Gasteiger partial charge on any atom is 0.338 e. The van der Waals surface area contributed by atoms with Gasteiger partial charge in [-0.05, 0) is 49.6 Å². The number of hydrogen-bond acceptors (Lipinski definition) is 7. The third kappa shape index (κ3) is 4.16. The molecular weight excluding hydrogens is 344 g/mol. The van der Waals surface area contributed by atoms with Crippen LogP contribution < -0.4 is 0 Å². The van der Waals surface area contributed by atoms with Crippen LogP contribution in [0.1, 0.15) is 42.5 Å². The van der Waals surface area contributed by atoms with E-state index >= 15 is 0 Å². The molecule has 8 nitrogen and oxygen atoms in total. The van der Waals surface area contributed by atoms with Gasteiger partial charge in [0, 0.05) is 13.1 Å². The number of hydrogen-bond donors (Lipinski definition) is 0. The summed E-state index contributed by atoms with van der Waals surface area (Å²) in [6.45, 7) is 0. The fourth-order valence-corrected chi connectivity index (χ4v) is 3.59. The molecule has 1 aliphatic rings. The molecule has 0 radical (unpaired) electrons. The van der Waals surface area contributed by atoms with Gasteiger partial charge in [-0.3, -0.25) is 10.1 Å². The molecule has 1 saturated carbocycles. The number of esters is 1. The first-order valence-electron chi connectivity index (χ1n) is 8.06. The maximum atomic E-state index is 12.3. The van der Waals surface area contributed by atoms with Crippen molar-refractivity contribution in [2.75, 3.05) is 0 Å². The van der Waals surface area contributed by atoms with Crippen molar-refractivity contribution in [1.29, 1.82) is 0 Å². The predicted molar refractivity (Wildman–Crippen MR) is 90.5 cm³/mol. The van der Waals surface area contributed by atoms with E-state index < -0.39 is 10.9 Å². The highest BCUT2D eigenvalue weighted by molar-refractivity contribution is 7.99. The van der Waals surface area contributed by atoms with Gasteiger partial charge in [0.15, 0.2) is 5.16 Å². The first-order valence-corrected chi connectivity index (χ1v) is 8.87. The molecule has 0 spiro atoms. The van der Waals surface area contributed by atoms with Gasteiger partial charge in [-0.2, -0.15) is 0 Å². The molecule has 0 N–H and O–H groups in total. The third-order valence-electron chi connectivity index (χ3n) is 4.09. The minimum absolute atomic E-state index is 0.0898. The lowest BCUT2D eigenvalue weighted by Crippen LogP contribution is -2.21. The number of carbonyl (C=O) groups excluding carboxylic acids is 1. The van der Waals surface area contributed by atoms with Crippen LogP contribution in [0, 0.1) is 10.1 Å². The van der Waals surface area contributed by atoms with Gasteiger partial charge in [0.25, 0.3) is 5.69 Å². The molecule has 0 amide bonds. The van der Waals surface area contributed by atoms with Crippen molar-refractivity contribution >= 4 is 23.4 Å². The number of ether oxygens (including phenoxy) is 1. The largest absolute Gasteiger partial charge is 0.459 e. The number of benzene rings is 1. The predicted octanol–water partition coefficient (Wildman–Crippen LogP) is 3.36. The van der Waals surface area contributed by atoms with Gasteiger partial charge in [-0.15, -0.1) is 10.2 Å². The van der Waals surface area contributed by atoms with Gasteiger partial charge in [-0.25, -0.2) is 4.79 Å². The molecular formula is C16H18N4O4S. The number of aromatic nitrogens is 3. The van der Waals surface area contributed by atoms with Crippen molar-refractivity contribution in [2.24, 2.45) is 7.05 Å². The summed E-state index contributed by atoms with van der Waals surface area (Å²) in [6, 6.07) is 4.37. The number of aryl methyl sites for hydroxylation is 1. The normalized spacial score (nSPS) is 15.1. The van der Waals surface area contributed by atoms with Gasteiger partial charge in [0.05, 0.1) is 15.4 Å². The van der Waals surface area contributed by atoms with Crippen molar-refractivity contribution in [2.45, 2.75) is 48.3 Å². The molecule has 1 fully saturated rings. The Bertz CT molecular complexity index is 786. The van der Waals surface area contributed by atoms with Crippen molar-refractivity contribution in [1.82, 2.24) is 14.8 Å². The summed E-state index contributed by atoms with van der Waals surface area (Å²) in [7, 11) is 1.75. The van der Waals surface area contributed by atoms with Crippen LogP contribution in [0.4, 0.5) is 5.69 Å². The first kappa shape index (κ1) is 17.4. The Morgan fingerprint density at radius 2 is 2.12 bits per heavy atom. The molecule has 1 aliphatic carbocycles. The molecule has 0 saturated heterocycles. The molecule has 0 unspecified atom stereocenters. The lowest BCUT2D eigenvalue weighted by atomic mass is 9.98.